The number of hydrogen-bond acceptors (Lipinski definition) is 5. The summed E-state index contributed by atoms with van der Waals surface area (Å²) >= 11 is 0. The highest BCUT2D eigenvalue weighted by Crippen LogP contribution is 2.30. The van der Waals surface area contributed by atoms with Crippen LogP contribution >= 0.6 is 0 Å². The zero-order valence-corrected chi connectivity index (χ0v) is 17.5. The van der Waals surface area contributed by atoms with Gasteiger partial charge in [-0.25, -0.2) is 0 Å². The second-order valence-electron chi connectivity index (χ2n) is 7.76. The van der Waals surface area contributed by atoms with Crippen LogP contribution in [0.5, 0.6) is 0 Å². The lowest BCUT2D eigenvalue weighted by Gasteiger charge is -2.28. The maximum atomic E-state index is 13.3. The SMILES string of the molecule is Cc1ccc(NC2=C(c3ccccc3)C(=O)N(CCN3CCOCC3)C2=O)cc1C. The molecule has 2 aromatic carbocycles. The number of hydrogen-bond donors (Lipinski definition) is 1. The summed E-state index contributed by atoms with van der Waals surface area (Å²) in [5, 5.41) is 3.24. The lowest BCUT2D eigenvalue weighted by Crippen LogP contribution is -2.43. The maximum Gasteiger partial charge on any atom is 0.278 e. The second kappa shape index (κ2) is 8.81. The van der Waals surface area contributed by atoms with Gasteiger partial charge in [-0.1, -0.05) is 36.4 Å². The van der Waals surface area contributed by atoms with Gasteiger partial charge in [-0.15, -0.1) is 0 Å². The molecule has 0 radical (unpaired) electrons. The van der Waals surface area contributed by atoms with Gasteiger partial charge in [-0.2, -0.15) is 0 Å². The molecule has 30 heavy (non-hydrogen) atoms. The number of morpholine rings is 1. The number of nitrogens with one attached hydrogen (secondary N) is 1. The number of amides is 2. The highest BCUT2D eigenvalue weighted by atomic mass is 16.5. The van der Waals surface area contributed by atoms with E-state index in [1.165, 1.54) is 10.5 Å². The minimum atomic E-state index is -0.273. The summed E-state index contributed by atoms with van der Waals surface area (Å²) in [5.41, 5.74) is 4.63. The summed E-state index contributed by atoms with van der Waals surface area (Å²) in [5.74, 6) is -0.517. The largest absolute Gasteiger partial charge is 0.379 e. The number of anilines is 1. The molecule has 0 aliphatic carbocycles. The van der Waals surface area contributed by atoms with Crippen LogP contribution in [-0.2, 0) is 14.3 Å². The van der Waals surface area contributed by atoms with E-state index in [1.54, 1.807) is 0 Å². The van der Waals surface area contributed by atoms with Crippen LogP contribution in [-0.4, -0.2) is 61.0 Å². The van der Waals surface area contributed by atoms with E-state index in [-0.39, 0.29) is 11.8 Å². The standard InChI is InChI=1S/C24H27N3O3/c1-17-8-9-20(16-18(17)2)25-22-21(19-6-4-3-5-7-19)23(28)27(24(22)29)11-10-26-12-14-30-15-13-26/h3-9,16,25H,10-15H2,1-2H3. The molecule has 6 nitrogen and oxygen atoms in total. The average molecular weight is 405 g/mol. The van der Waals surface area contributed by atoms with Crippen LogP contribution < -0.4 is 5.32 Å². The van der Waals surface area contributed by atoms with E-state index in [2.05, 4.69) is 10.2 Å². The Morgan fingerprint density at radius 1 is 0.900 bits per heavy atom. The zero-order chi connectivity index (χ0) is 21.1. The molecule has 0 aromatic heterocycles. The fourth-order valence-corrected chi connectivity index (χ4v) is 3.80. The predicted octanol–water partition coefficient (Wildman–Crippen LogP) is 2.83. The van der Waals surface area contributed by atoms with Crippen molar-refractivity contribution in [2.75, 3.05) is 44.7 Å². The number of rotatable bonds is 6. The monoisotopic (exact) mass is 405 g/mol. The van der Waals surface area contributed by atoms with E-state index in [4.69, 9.17) is 4.74 Å². The lowest BCUT2D eigenvalue weighted by molar-refractivity contribution is -0.137. The Balaban J connectivity index is 1.61. The third kappa shape index (κ3) is 4.15. The van der Waals surface area contributed by atoms with E-state index in [0.717, 1.165) is 29.9 Å². The molecule has 1 N–H and O–H groups in total. The molecule has 156 valence electrons. The normalized spacial score (nSPS) is 17.7. The Hall–Kier alpha value is -2.96. The molecular weight excluding hydrogens is 378 g/mol. The summed E-state index contributed by atoms with van der Waals surface area (Å²) in [4.78, 5) is 30.1. The molecule has 2 heterocycles. The van der Waals surface area contributed by atoms with Gasteiger partial charge in [0.05, 0.1) is 18.8 Å². The van der Waals surface area contributed by atoms with E-state index in [0.29, 0.717) is 37.6 Å². The summed E-state index contributed by atoms with van der Waals surface area (Å²) in [6.07, 6.45) is 0. The van der Waals surface area contributed by atoms with Gasteiger partial charge in [0.1, 0.15) is 5.70 Å². The molecule has 2 amide bonds. The smallest absolute Gasteiger partial charge is 0.278 e. The van der Waals surface area contributed by atoms with Gasteiger partial charge in [-0.05, 0) is 42.7 Å². The maximum absolute atomic E-state index is 13.3. The Morgan fingerprint density at radius 2 is 1.63 bits per heavy atom. The number of carbonyl (C=O) groups is 2. The summed E-state index contributed by atoms with van der Waals surface area (Å²) in [6, 6.07) is 15.3. The Bertz CT molecular complexity index is 978. The fourth-order valence-electron chi connectivity index (χ4n) is 3.80. The first-order valence-electron chi connectivity index (χ1n) is 10.3. The van der Waals surface area contributed by atoms with Crippen LogP contribution in [0.2, 0.25) is 0 Å². The van der Waals surface area contributed by atoms with Gasteiger partial charge in [0.2, 0.25) is 0 Å². The molecule has 6 heteroatoms. The fraction of sp³-hybridized carbons (Fsp3) is 0.333. The van der Waals surface area contributed by atoms with Crippen molar-refractivity contribution in [1.82, 2.24) is 9.80 Å². The first-order valence-corrected chi connectivity index (χ1v) is 10.3. The van der Waals surface area contributed by atoms with Crippen molar-refractivity contribution in [3.05, 3.63) is 70.9 Å². The first kappa shape index (κ1) is 20.3. The summed E-state index contributed by atoms with van der Waals surface area (Å²) in [6.45, 7) is 8.12. The van der Waals surface area contributed by atoms with Crippen LogP contribution in [0.15, 0.2) is 54.2 Å². The topological polar surface area (TPSA) is 61.9 Å². The van der Waals surface area contributed by atoms with Crippen molar-refractivity contribution in [1.29, 1.82) is 0 Å². The molecule has 2 aromatic rings. The van der Waals surface area contributed by atoms with Crippen LogP contribution in [0.25, 0.3) is 5.57 Å². The van der Waals surface area contributed by atoms with Crippen molar-refractivity contribution in [2.24, 2.45) is 0 Å². The molecule has 2 aliphatic heterocycles. The number of aryl methyl sites for hydroxylation is 2. The third-order valence-corrected chi connectivity index (χ3v) is 5.75. The van der Waals surface area contributed by atoms with Gasteiger partial charge >= 0.3 is 0 Å². The van der Waals surface area contributed by atoms with Crippen LogP contribution in [0.4, 0.5) is 5.69 Å². The summed E-state index contributed by atoms with van der Waals surface area (Å²) in [7, 11) is 0. The number of nitrogens with zero attached hydrogens (tertiary/aromatic N) is 2. The minimum Gasteiger partial charge on any atom is -0.379 e. The molecule has 0 unspecified atom stereocenters. The summed E-state index contributed by atoms with van der Waals surface area (Å²) < 4.78 is 5.38. The van der Waals surface area contributed by atoms with Crippen LogP contribution in [0.1, 0.15) is 16.7 Å². The molecule has 2 aliphatic rings. The van der Waals surface area contributed by atoms with Crippen LogP contribution in [0.3, 0.4) is 0 Å². The number of ether oxygens (including phenoxy) is 1. The van der Waals surface area contributed by atoms with Gasteiger partial charge in [0.15, 0.2) is 0 Å². The Morgan fingerprint density at radius 3 is 2.33 bits per heavy atom. The first-order chi connectivity index (χ1) is 14.5. The lowest BCUT2D eigenvalue weighted by atomic mass is 10.0. The van der Waals surface area contributed by atoms with Crippen molar-refractivity contribution in [2.45, 2.75) is 13.8 Å². The number of imide groups is 1. The zero-order valence-electron chi connectivity index (χ0n) is 17.5. The molecule has 0 saturated carbocycles. The van der Waals surface area contributed by atoms with Crippen molar-refractivity contribution in [3.63, 3.8) is 0 Å². The molecule has 1 saturated heterocycles. The quantitative estimate of drug-likeness (QED) is 0.749. The van der Waals surface area contributed by atoms with Gasteiger partial charge in [0.25, 0.3) is 11.8 Å². The average Bonchev–Trinajstić information content (AvgIpc) is 3.00. The van der Waals surface area contributed by atoms with Crippen molar-refractivity contribution in [3.8, 4) is 0 Å². The van der Waals surface area contributed by atoms with Gasteiger partial charge < -0.3 is 10.1 Å². The van der Waals surface area contributed by atoms with Crippen LogP contribution in [0, 0.1) is 13.8 Å². The Kier molecular flexibility index (Phi) is 5.97. The minimum absolute atomic E-state index is 0.245. The van der Waals surface area contributed by atoms with E-state index in [1.807, 2.05) is 62.4 Å². The second-order valence-corrected chi connectivity index (χ2v) is 7.76. The van der Waals surface area contributed by atoms with Gasteiger partial charge in [0, 0.05) is 31.9 Å². The molecule has 0 spiro atoms. The van der Waals surface area contributed by atoms with Gasteiger partial charge in [-0.3, -0.25) is 19.4 Å². The van der Waals surface area contributed by atoms with Crippen molar-refractivity contribution < 1.29 is 14.3 Å². The Labute approximate surface area is 177 Å². The molecule has 0 atom stereocenters. The molecule has 1 fully saturated rings. The molecule has 0 bridgehead atoms. The van der Waals surface area contributed by atoms with E-state index in [9.17, 15) is 9.59 Å². The third-order valence-electron chi connectivity index (χ3n) is 5.75. The van der Waals surface area contributed by atoms with E-state index >= 15 is 0 Å². The predicted molar refractivity (Wildman–Crippen MR) is 117 cm³/mol. The molecule has 4 rings (SSSR count). The highest BCUT2D eigenvalue weighted by Gasteiger charge is 2.39. The van der Waals surface area contributed by atoms with Crippen molar-refractivity contribution >= 4 is 23.1 Å². The van der Waals surface area contributed by atoms with E-state index < -0.39 is 0 Å². The highest BCUT2D eigenvalue weighted by molar-refractivity contribution is 6.36. The number of carbonyl (C=O) groups excluding carboxylic acids is 2. The number of benzene rings is 2. The molecular formula is C24H27N3O3.